The summed E-state index contributed by atoms with van der Waals surface area (Å²) in [6.07, 6.45) is 2.34. The molecule has 1 aromatic carbocycles. The Hall–Kier alpha value is -1.13. The monoisotopic (exact) mass is 249 g/mol. The molecule has 0 atom stereocenters. The molecule has 1 saturated heterocycles. The van der Waals surface area contributed by atoms with E-state index in [9.17, 15) is 0 Å². The lowest BCUT2D eigenvalue weighted by Crippen LogP contribution is -2.37. The lowest BCUT2D eigenvalue weighted by molar-refractivity contribution is 0.264. The topological polar surface area (TPSA) is 41.3 Å². The number of piperidine rings is 1. The highest BCUT2D eigenvalue weighted by molar-refractivity contribution is 7.80. The van der Waals surface area contributed by atoms with E-state index in [1.807, 2.05) is 24.3 Å². The first-order chi connectivity index (χ1) is 8.16. The Labute approximate surface area is 108 Å². The summed E-state index contributed by atoms with van der Waals surface area (Å²) < 4.78 is 0. The maximum absolute atomic E-state index is 5.72. The first kappa shape index (κ1) is 12.3. The van der Waals surface area contributed by atoms with Crippen molar-refractivity contribution < 1.29 is 0 Å². The summed E-state index contributed by atoms with van der Waals surface area (Å²) in [7, 11) is 2.17. The van der Waals surface area contributed by atoms with Crippen molar-refractivity contribution in [3.63, 3.8) is 0 Å². The minimum Gasteiger partial charge on any atom is -0.389 e. The van der Waals surface area contributed by atoms with Crippen LogP contribution in [0.25, 0.3) is 0 Å². The lowest BCUT2D eigenvalue weighted by Gasteiger charge is -2.30. The number of likely N-dealkylation sites (tertiary alicyclic amines) is 1. The number of thiocarbonyl (C=S) groups is 1. The largest absolute Gasteiger partial charge is 0.389 e. The minimum absolute atomic E-state index is 0.459. The quantitative estimate of drug-likeness (QED) is 0.802. The molecule has 4 heteroatoms. The molecule has 0 aliphatic carbocycles. The van der Waals surface area contributed by atoms with Gasteiger partial charge in [0.1, 0.15) is 4.99 Å². The first-order valence-corrected chi connectivity index (χ1v) is 6.41. The van der Waals surface area contributed by atoms with Crippen LogP contribution in [-0.2, 0) is 0 Å². The summed E-state index contributed by atoms with van der Waals surface area (Å²) in [5.41, 5.74) is 7.74. The van der Waals surface area contributed by atoms with Crippen LogP contribution in [0, 0.1) is 0 Å². The van der Waals surface area contributed by atoms with E-state index in [1.54, 1.807) is 0 Å². The van der Waals surface area contributed by atoms with Gasteiger partial charge >= 0.3 is 0 Å². The van der Waals surface area contributed by atoms with Crippen molar-refractivity contribution in [1.82, 2.24) is 4.90 Å². The third kappa shape index (κ3) is 3.17. The number of hydrogen-bond acceptors (Lipinski definition) is 3. The highest BCUT2D eigenvalue weighted by atomic mass is 32.1. The second kappa shape index (κ2) is 5.47. The van der Waals surface area contributed by atoms with Gasteiger partial charge in [-0.2, -0.15) is 0 Å². The highest BCUT2D eigenvalue weighted by Gasteiger charge is 2.17. The van der Waals surface area contributed by atoms with Gasteiger partial charge in [0.05, 0.1) is 0 Å². The molecule has 2 rings (SSSR count). The summed E-state index contributed by atoms with van der Waals surface area (Å²) in [5, 5.41) is 3.56. The van der Waals surface area contributed by atoms with Gasteiger partial charge in [-0.15, -0.1) is 0 Å². The van der Waals surface area contributed by atoms with Crippen LogP contribution in [0.15, 0.2) is 24.3 Å². The molecular weight excluding hydrogens is 230 g/mol. The number of para-hydroxylation sites is 1. The smallest absolute Gasteiger partial charge is 0.106 e. The van der Waals surface area contributed by atoms with Crippen LogP contribution in [0.4, 0.5) is 5.69 Å². The molecule has 1 heterocycles. The standard InChI is InChI=1S/C13H19N3S/c1-16-8-6-10(7-9-16)15-12-5-3-2-4-11(12)13(14)17/h2-5,10,15H,6-9H2,1H3,(H2,14,17). The van der Waals surface area contributed by atoms with Gasteiger partial charge in [-0.1, -0.05) is 24.4 Å². The van der Waals surface area contributed by atoms with Crippen LogP contribution in [0.5, 0.6) is 0 Å². The number of nitrogens with one attached hydrogen (secondary N) is 1. The molecule has 17 heavy (non-hydrogen) atoms. The molecule has 0 amide bonds. The number of anilines is 1. The Morgan fingerprint density at radius 1 is 1.35 bits per heavy atom. The normalized spacial score (nSPS) is 17.9. The Kier molecular flexibility index (Phi) is 3.97. The van der Waals surface area contributed by atoms with Gasteiger partial charge in [0.25, 0.3) is 0 Å². The first-order valence-electron chi connectivity index (χ1n) is 6.00. The molecule has 0 unspecified atom stereocenters. The van der Waals surface area contributed by atoms with Crippen molar-refractivity contribution in [3.8, 4) is 0 Å². The summed E-state index contributed by atoms with van der Waals surface area (Å²) in [6.45, 7) is 2.29. The molecule has 1 aromatic rings. The maximum Gasteiger partial charge on any atom is 0.106 e. The second-order valence-electron chi connectivity index (χ2n) is 4.63. The van der Waals surface area contributed by atoms with Crippen molar-refractivity contribution in [1.29, 1.82) is 0 Å². The second-order valence-corrected chi connectivity index (χ2v) is 5.07. The fraction of sp³-hybridized carbons (Fsp3) is 0.462. The average Bonchev–Trinajstić information content (AvgIpc) is 2.32. The third-order valence-electron chi connectivity index (χ3n) is 3.27. The molecule has 1 aliphatic rings. The van der Waals surface area contributed by atoms with Crippen molar-refractivity contribution in [2.45, 2.75) is 18.9 Å². The molecule has 0 radical (unpaired) electrons. The number of hydrogen-bond donors (Lipinski definition) is 2. The maximum atomic E-state index is 5.72. The van der Waals surface area contributed by atoms with E-state index in [0.29, 0.717) is 11.0 Å². The van der Waals surface area contributed by atoms with E-state index in [-0.39, 0.29) is 0 Å². The molecule has 0 bridgehead atoms. The van der Waals surface area contributed by atoms with Gasteiger partial charge in [0.2, 0.25) is 0 Å². The zero-order chi connectivity index (χ0) is 12.3. The zero-order valence-electron chi connectivity index (χ0n) is 10.1. The van der Waals surface area contributed by atoms with Crippen molar-refractivity contribution >= 4 is 22.9 Å². The molecule has 0 spiro atoms. The fourth-order valence-electron chi connectivity index (χ4n) is 2.20. The van der Waals surface area contributed by atoms with Crippen LogP contribution in [-0.4, -0.2) is 36.1 Å². The molecule has 92 valence electrons. The zero-order valence-corrected chi connectivity index (χ0v) is 11.0. The van der Waals surface area contributed by atoms with Gasteiger partial charge in [0.15, 0.2) is 0 Å². The average molecular weight is 249 g/mol. The Balaban J connectivity index is 2.05. The molecule has 3 N–H and O–H groups in total. The van der Waals surface area contributed by atoms with E-state index in [4.69, 9.17) is 18.0 Å². The summed E-state index contributed by atoms with van der Waals surface area (Å²) in [5.74, 6) is 0. The number of rotatable bonds is 3. The van der Waals surface area contributed by atoms with E-state index in [2.05, 4.69) is 17.3 Å². The van der Waals surface area contributed by atoms with Crippen LogP contribution < -0.4 is 11.1 Å². The summed E-state index contributed by atoms with van der Waals surface area (Å²) >= 11 is 5.07. The van der Waals surface area contributed by atoms with E-state index < -0.39 is 0 Å². The van der Waals surface area contributed by atoms with Gasteiger partial charge in [-0.25, -0.2) is 0 Å². The summed E-state index contributed by atoms with van der Waals surface area (Å²) in [4.78, 5) is 2.82. The van der Waals surface area contributed by atoms with Gasteiger partial charge in [-0.05, 0) is 45.1 Å². The van der Waals surface area contributed by atoms with Gasteiger partial charge < -0.3 is 16.0 Å². The predicted molar refractivity (Wildman–Crippen MR) is 76.5 cm³/mol. The molecule has 1 fully saturated rings. The fourth-order valence-corrected chi connectivity index (χ4v) is 2.37. The SMILES string of the molecule is CN1CCC(Nc2ccccc2C(N)=S)CC1. The van der Waals surface area contributed by atoms with E-state index >= 15 is 0 Å². The van der Waals surface area contributed by atoms with E-state index in [0.717, 1.165) is 24.3 Å². The molecule has 3 nitrogen and oxygen atoms in total. The van der Waals surface area contributed by atoms with Crippen molar-refractivity contribution in [3.05, 3.63) is 29.8 Å². The van der Waals surface area contributed by atoms with Crippen molar-refractivity contribution in [2.24, 2.45) is 5.73 Å². The number of benzene rings is 1. The van der Waals surface area contributed by atoms with Crippen LogP contribution in [0.2, 0.25) is 0 Å². The summed E-state index contributed by atoms with van der Waals surface area (Å²) in [6, 6.07) is 8.53. The number of nitrogens with two attached hydrogens (primary N) is 1. The minimum atomic E-state index is 0.459. The van der Waals surface area contributed by atoms with Crippen LogP contribution in [0.3, 0.4) is 0 Å². The van der Waals surface area contributed by atoms with Crippen LogP contribution >= 0.6 is 12.2 Å². The third-order valence-corrected chi connectivity index (χ3v) is 3.49. The Morgan fingerprint density at radius 2 is 2.00 bits per heavy atom. The van der Waals surface area contributed by atoms with Gasteiger partial charge in [0, 0.05) is 17.3 Å². The molecule has 0 aromatic heterocycles. The molecular formula is C13H19N3S. The van der Waals surface area contributed by atoms with Crippen molar-refractivity contribution in [2.75, 3.05) is 25.5 Å². The predicted octanol–water partition coefficient (Wildman–Crippen LogP) is 1.83. The van der Waals surface area contributed by atoms with Crippen LogP contribution in [0.1, 0.15) is 18.4 Å². The number of nitrogens with zero attached hydrogens (tertiary/aromatic N) is 1. The lowest BCUT2D eigenvalue weighted by atomic mass is 10.0. The highest BCUT2D eigenvalue weighted by Crippen LogP contribution is 2.19. The molecule has 1 aliphatic heterocycles. The molecule has 0 saturated carbocycles. The Bertz CT molecular complexity index is 397. The van der Waals surface area contributed by atoms with Gasteiger partial charge in [-0.3, -0.25) is 0 Å². The Morgan fingerprint density at radius 3 is 2.65 bits per heavy atom. The van der Waals surface area contributed by atoms with E-state index in [1.165, 1.54) is 12.8 Å².